The van der Waals surface area contributed by atoms with Gasteiger partial charge in [0.2, 0.25) is 0 Å². The van der Waals surface area contributed by atoms with Crippen molar-refractivity contribution in [2.75, 3.05) is 0 Å². The summed E-state index contributed by atoms with van der Waals surface area (Å²) >= 11 is 0. The smallest absolute Gasteiger partial charge is 0.164 e. The first-order valence-corrected chi connectivity index (χ1v) is 21.4. The highest BCUT2D eigenvalue weighted by atomic mass is 15.0. The molecule has 62 heavy (non-hydrogen) atoms. The molecule has 0 unspecified atom stereocenters. The van der Waals surface area contributed by atoms with Crippen LogP contribution in [0.4, 0.5) is 0 Å². The van der Waals surface area contributed by atoms with Crippen molar-refractivity contribution in [1.29, 1.82) is 0 Å². The van der Waals surface area contributed by atoms with E-state index >= 15 is 0 Å². The summed E-state index contributed by atoms with van der Waals surface area (Å²) in [4.78, 5) is 15.0. The predicted molar refractivity (Wildman–Crippen MR) is 254 cm³/mol. The summed E-state index contributed by atoms with van der Waals surface area (Å²) in [5.74, 6) is 1.94. The fourth-order valence-electron chi connectivity index (χ4n) is 10.5. The molecule has 1 heterocycles. The minimum Gasteiger partial charge on any atom is -0.208 e. The highest BCUT2D eigenvalue weighted by Crippen LogP contribution is 2.62. The second-order valence-electron chi connectivity index (χ2n) is 17.1. The Labute approximate surface area is 362 Å². The summed E-state index contributed by atoms with van der Waals surface area (Å²) in [7, 11) is 0. The van der Waals surface area contributed by atoms with Crippen molar-refractivity contribution in [3.63, 3.8) is 0 Å². The molecular weight excluding hydrogens is 751 g/mol. The summed E-state index contributed by atoms with van der Waals surface area (Å²) in [5.41, 5.74) is 17.7. The zero-order chi connectivity index (χ0) is 41.4. The average Bonchev–Trinajstić information content (AvgIpc) is 3.63. The van der Waals surface area contributed by atoms with Gasteiger partial charge < -0.3 is 0 Å². The summed E-state index contributed by atoms with van der Waals surface area (Å²) in [6, 6.07) is 77.1. The predicted octanol–water partition coefficient (Wildman–Crippen LogP) is 14.4. The van der Waals surface area contributed by atoms with Gasteiger partial charge in [0.05, 0.1) is 5.41 Å². The standard InChI is InChI=1S/C59H41N3/c1-58(2)50-25-13-15-27-52(50)59(53-28-16-14-26-51(53)58)49-24-12-11-23-45(49)46-34-33-44(37-54(46)59)48-36-43-22-10-9-21-42(43)35-47(48)38-29-31-41(32-30-38)57-61-55(39-17-5-3-6-18-39)60-56(62-57)40-19-7-4-8-20-40/h3-37H,1-2H3. The van der Waals surface area contributed by atoms with Gasteiger partial charge in [-0.05, 0) is 95.7 Å². The first kappa shape index (κ1) is 36.1. The molecule has 3 nitrogen and oxygen atoms in total. The number of rotatable bonds is 5. The van der Waals surface area contributed by atoms with Crippen molar-refractivity contribution < 1.29 is 0 Å². The SMILES string of the molecule is CC1(C)c2ccccc2C2(c3ccccc3-c3ccc(-c4cc5ccccc5cc4-c4ccc(-c5nc(-c6ccccc6)nc(-c6ccccc6)n5)cc4)cc32)c2ccccc21. The molecule has 0 aliphatic heterocycles. The van der Waals surface area contributed by atoms with E-state index in [1.54, 1.807) is 0 Å². The number of benzene rings is 9. The van der Waals surface area contributed by atoms with Crippen LogP contribution in [0.5, 0.6) is 0 Å². The molecule has 12 rings (SSSR count). The monoisotopic (exact) mass is 791 g/mol. The van der Waals surface area contributed by atoms with Crippen LogP contribution in [-0.2, 0) is 10.8 Å². The lowest BCUT2D eigenvalue weighted by atomic mass is 9.55. The number of hydrogen-bond acceptors (Lipinski definition) is 3. The Bertz CT molecular complexity index is 3260. The van der Waals surface area contributed by atoms with Gasteiger partial charge in [0.15, 0.2) is 17.5 Å². The maximum Gasteiger partial charge on any atom is 0.164 e. The van der Waals surface area contributed by atoms with Gasteiger partial charge in [-0.25, -0.2) is 15.0 Å². The topological polar surface area (TPSA) is 38.7 Å². The Kier molecular flexibility index (Phi) is 8.10. The molecule has 1 aromatic heterocycles. The van der Waals surface area contributed by atoms with Crippen LogP contribution in [0, 0.1) is 0 Å². The normalized spacial score (nSPS) is 13.9. The van der Waals surface area contributed by atoms with Crippen molar-refractivity contribution in [3.8, 4) is 67.5 Å². The molecule has 1 spiro atoms. The zero-order valence-electron chi connectivity index (χ0n) is 34.5. The molecule has 9 aromatic carbocycles. The van der Waals surface area contributed by atoms with E-state index in [9.17, 15) is 0 Å². The van der Waals surface area contributed by atoms with Gasteiger partial charge in [-0.2, -0.15) is 0 Å². The third-order valence-corrected chi connectivity index (χ3v) is 13.4. The molecule has 0 saturated heterocycles. The maximum atomic E-state index is 5.02. The van der Waals surface area contributed by atoms with Gasteiger partial charge in [-0.15, -0.1) is 0 Å². The summed E-state index contributed by atoms with van der Waals surface area (Å²) < 4.78 is 0. The summed E-state index contributed by atoms with van der Waals surface area (Å²) in [6.45, 7) is 4.76. The average molecular weight is 792 g/mol. The van der Waals surface area contributed by atoms with Gasteiger partial charge in [0.25, 0.3) is 0 Å². The van der Waals surface area contributed by atoms with Crippen LogP contribution in [0.25, 0.3) is 78.3 Å². The molecule has 0 bridgehead atoms. The van der Waals surface area contributed by atoms with E-state index in [1.165, 1.54) is 72.0 Å². The van der Waals surface area contributed by atoms with Crippen molar-refractivity contribution in [2.45, 2.75) is 24.7 Å². The van der Waals surface area contributed by atoms with E-state index in [1.807, 2.05) is 60.7 Å². The Morgan fingerprint density at radius 2 is 0.661 bits per heavy atom. The van der Waals surface area contributed by atoms with Gasteiger partial charge in [-0.3, -0.25) is 0 Å². The Morgan fingerprint density at radius 3 is 1.21 bits per heavy atom. The first-order chi connectivity index (χ1) is 30.5. The number of hydrogen-bond donors (Lipinski definition) is 0. The molecule has 0 atom stereocenters. The Balaban J connectivity index is 1.04. The third kappa shape index (κ3) is 5.41. The number of fused-ring (bicyclic) bond motifs is 10. The molecule has 3 heteroatoms. The summed E-state index contributed by atoms with van der Waals surface area (Å²) in [6.07, 6.45) is 0. The molecule has 0 N–H and O–H groups in total. The van der Waals surface area contributed by atoms with Gasteiger partial charge in [-0.1, -0.05) is 208 Å². The van der Waals surface area contributed by atoms with E-state index in [0.29, 0.717) is 17.5 Å². The lowest BCUT2D eigenvalue weighted by molar-refractivity contribution is 0.563. The Hall–Kier alpha value is -7.75. The quantitative estimate of drug-likeness (QED) is 0.174. The Morgan fingerprint density at radius 1 is 0.274 bits per heavy atom. The van der Waals surface area contributed by atoms with Crippen LogP contribution < -0.4 is 0 Å². The molecule has 0 saturated carbocycles. The van der Waals surface area contributed by atoms with E-state index in [2.05, 4.69) is 166 Å². The first-order valence-electron chi connectivity index (χ1n) is 21.4. The molecule has 2 aliphatic carbocycles. The number of nitrogens with zero attached hydrogens (tertiary/aromatic N) is 3. The van der Waals surface area contributed by atoms with Crippen LogP contribution in [0.2, 0.25) is 0 Å². The van der Waals surface area contributed by atoms with E-state index < -0.39 is 5.41 Å². The van der Waals surface area contributed by atoms with Crippen LogP contribution >= 0.6 is 0 Å². The zero-order valence-corrected chi connectivity index (χ0v) is 34.5. The molecule has 0 fully saturated rings. The summed E-state index contributed by atoms with van der Waals surface area (Å²) in [5, 5.41) is 2.42. The highest BCUT2D eigenvalue weighted by molar-refractivity contribution is 5.98. The van der Waals surface area contributed by atoms with Gasteiger partial charge in [0, 0.05) is 22.1 Å². The van der Waals surface area contributed by atoms with E-state index in [4.69, 9.17) is 15.0 Å². The second kappa shape index (κ2) is 13.9. The van der Waals surface area contributed by atoms with Crippen molar-refractivity contribution in [2.24, 2.45) is 0 Å². The van der Waals surface area contributed by atoms with Gasteiger partial charge in [0.1, 0.15) is 0 Å². The molecule has 0 radical (unpaired) electrons. The van der Waals surface area contributed by atoms with Crippen molar-refractivity contribution in [1.82, 2.24) is 15.0 Å². The highest BCUT2D eigenvalue weighted by Gasteiger charge is 2.53. The molecule has 10 aromatic rings. The molecule has 292 valence electrons. The number of aromatic nitrogens is 3. The van der Waals surface area contributed by atoms with E-state index in [0.717, 1.165) is 22.3 Å². The van der Waals surface area contributed by atoms with Gasteiger partial charge >= 0.3 is 0 Å². The second-order valence-corrected chi connectivity index (χ2v) is 17.1. The lowest BCUT2D eigenvalue weighted by Gasteiger charge is -2.46. The van der Waals surface area contributed by atoms with Crippen LogP contribution in [-0.4, -0.2) is 15.0 Å². The largest absolute Gasteiger partial charge is 0.208 e. The molecule has 2 aliphatic rings. The minimum absolute atomic E-state index is 0.154. The van der Waals surface area contributed by atoms with Crippen LogP contribution in [0.15, 0.2) is 212 Å². The van der Waals surface area contributed by atoms with Crippen LogP contribution in [0.3, 0.4) is 0 Å². The van der Waals surface area contributed by atoms with Crippen LogP contribution in [0.1, 0.15) is 47.2 Å². The van der Waals surface area contributed by atoms with E-state index in [-0.39, 0.29) is 5.41 Å². The molecule has 0 amide bonds. The van der Waals surface area contributed by atoms with Crippen molar-refractivity contribution >= 4 is 10.8 Å². The minimum atomic E-state index is -0.467. The lowest BCUT2D eigenvalue weighted by Crippen LogP contribution is -2.40. The molecular formula is C59H41N3. The third-order valence-electron chi connectivity index (χ3n) is 13.4. The van der Waals surface area contributed by atoms with Crippen molar-refractivity contribution in [3.05, 3.63) is 246 Å². The fraction of sp³-hybridized carbons (Fsp3) is 0.0678. The fourth-order valence-corrected chi connectivity index (χ4v) is 10.5. The maximum absolute atomic E-state index is 5.02.